The van der Waals surface area contributed by atoms with Gasteiger partial charge in [-0.25, -0.2) is 0 Å². The van der Waals surface area contributed by atoms with Crippen LogP contribution < -0.4 is 10.6 Å². The quantitative estimate of drug-likeness (QED) is 0.463. The van der Waals surface area contributed by atoms with Crippen LogP contribution in [0.25, 0.3) is 0 Å². The van der Waals surface area contributed by atoms with E-state index in [1.54, 1.807) is 48.1 Å². The molecule has 3 aromatic rings. The number of aromatic nitrogens is 4. The standard InChI is InChI=1S/C18H19N7O4/c1-3-23-15(7-8-19-23)18(27)21-14-6-4-5-13(10-14)20-16(26)11-24-17(25(28)29)9-12(2)22-24/h4-10H,3,11H2,1-2H3,(H,20,26)(H,21,27). The number of nitrogens with one attached hydrogen (secondary N) is 2. The van der Waals surface area contributed by atoms with Crippen molar-refractivity contribution in [3.63, 3.8) is 0 Å². The fourth-order valence-corrected chi connectivity index (χ4v) is 2.78. The Balaban J connectivity index is 1.67. The SMILES string of the molecule is CCn1nccc1C(=O)Nc1cccc(NC(=O)Cn2nc(C)cc2[N+](=O)[O-])c1. The van der Waals surface area contributed by atoms with Crippen LogP contribution >= 0.6 is 0 Å². The summed E-state index contributed by atoms with van der Waals surface area (Å²) in [6, 6.07) is 9.50. The maximum Gasteiger partial charge on any atom is 0.345 e. The molecule has 0 aliphatic carbocycles. The third-order valence-electron chi connectivity index (χ3n) is 4.01. The summed E-state index contributed by atoms with van der Waals surface area (Å²) < 4.78 is 2.60. The van der Waals surface area contributed by atoms with Crippen molar-refractivity contribution in [3.05, 3.63) is 64.1 Å². The average Bonchev–Trinajstić information content (AvgIpc) is 3.28. The molecule has 0 aliphatic rings. The van der Waals surface area contributed by atoms with Crippen LogP contribution in [0.1, 0.15) is 23.1 Å². The molecule has 2 aromatic heterocycles. The topological polar surface area (TPSA) is 137 Å². The third kappa shape index (κ3) is 4.64. The molecule has 0 saturated heterocycles. The fourth-order valence-electron chi connectivity index (χ4n) is 2.78. The van der Waals surface area contributed by atoms with Crippen molar-refractivity contribution in [2.45, 2.75) is 26.9 Å². The molecule has 2 N–H and O–H groups in total. The van der Waals surface area contributed by atoms with Crippen LogP contribution in [0.3, 0.4) is 0 Å². The van der Waals surface area contributed by atoms with Crippen molar-refractivity contribution in [2.24, 2.45) is 0 Å². The van der Waals surface area contributed by atoms with Crippen LogP contribution in [-0.4, -0.2) is 36.3 Å². The molecule has 0 saturated carbocycles. The highest BCUT2D eigenvalue weighted by Gasteiger charge is 2.19. The van der Waals surface area contributed by atoms with E-state index in [4.69, 9.17) is 0 Å². The number of carbonyl (C=O) groups excluding carboxylic acids is 2. The summed E-state index contributed by atoms with van der Waals surface area (Å²) in [5, 5.41) is 24.5. The highest BCUT2D eigenvalue weighted by atomic mass is 16.6. The van der Waals surface area contributed by atoms with Gasteiger partial charge in [-0.2, -0.15) is 5.10 Å². The van der Waals surface area contributed by atoms with Gasteiger partial charge in [-0.1, -0.05) is 11.2 Å². The maximum absolute atomic E-state index is 12.4. The molecular weight excluding hydrogens is 378 g/mol. The molecule has 2 heterocycles. The number of carbonyl (C=O) groups is 2. The van der Waals surface area contributed by atoms with E-state index >= 15 is 0 Å². The number of aryl methyl sites for hydroxylation is 2. The zero-order valence-electron chi connectivity index (χ0n) is 15.8. The van der Waals surface area contributed by atoms with Gasteiger partial charge >= 0.3 is 5.82 Å². The Morgan fingerprint density at radius 2 is 1.86 bits per heavy atom. The first kappa shape index (κ1) is 19.7. The van der Waals surface area contributed by atoms with Gasteiger partial charge in [-0.05, 0) is 43.0 Å². The predicted octanol–water partition coefficient (Wildman–Crippen LogP) is 2.21. The number of nitro groups is 1. The van der Waals surface area contributed by atoms with Gasteiger partial charge in [0.1, 0.15) is 5.69 Å². The number of benzene rings is 1. The van der Waals surface area contributed by atoms with Crippen LogP contribution in [0.2, 0.25) is 0 Å². The van der Waals surface area contributed by atoms with E-state index in [1.807, 2.05) is 6.92 Å². The normalized spacial score (nSPS) is 10.6. The first-order chi connectivity index (χ1) is 13.9. The van der Waals surface area contributed by atoms with Crippen LogP contribution in [0.4, 0.5) is 17.2 Å². The number of anilines is 2. The molecule has 0 bridgehead atoms. The van der Waals surface area contributed by atoms with Crippen LogP contribution in [0.15, 0.2) is 42.6 Å². The van der Waals surface area contributed by atoms with E-state index in [0.717, 1.165) is 4.68 Å². The Bertz CT molecular complexity index is 1070. The van der Waals surface area contributed by atoms with Crippen LogP contribution in [-0.2, 0) is 17.9 Å². The second kappa shape index (κ2) is 8.33. The summed E-state index contributed by atoms with van der Waals surface area (Å²) in [5.41, 5.74) is 1.78. The largest absolute Gasteiger partial charge is 0.358 e. The molecule has 0 aliphatic heterocycles. The Labute approximate surface area is 165 Å². The zero-order chi connectivity index (χ0) is 21.0. The molecule has 150 valence electrons. The van der Waals surface area contributed by atoms with Crippen molar-refractivity contribution in [2.75, 3.05) is 10.6 Å². The number of hydrogen-bond donors (Lipinski definition) is 2. The molecule has 3 rings (SSSR count). The molecule has 29 heavy (non-hydrogen) atoms. The van der Waals surface area contributed by atoms with Gasteiger partial charge in [-0.3, -0.25) is 14.3 Å². The van der Waals surface area contributed by atoms with Gasteiger partial charge in [0.2, 0.25) is 0 Å². The number of rotatable bonds is 7. The molecule has 0 spiro atoms. The summed E-state index contributed by atoms with van der Waals surface area (Å²) >= 11 is 0. The van der Waals surface area contributed by atoms with Gasteiger partial charge in [0, 0.05) is 24.1 Å². The lowest BCUT2D eigenvalue weighted by Gasteiger charge is -2.09. The summed E-state index contributed by atoms with van der Waals surface area (Å²) in [5.74, 6) is -1.06. The van der Waals surface area contributed by atoms with E-state index in [-0.39, 0.29) is 18.3 Å². The molecule has 2 amide bonds. The molecule has 0 unspecified atom stereocenters. The number of hydrogen-bond acceptors (Lipinski definition) is 6. The second-order valence-corrected chi connectivity index (χ2v) is 6.17. The Hall–Kier alpha value is -4.02. The van der Waals surface area contributed by atoms with Crippen LogP contribution in [0.5, 0.6) is 0 Å². The van der Waals surface area contributed by atoms with E-state index in [9.17, 15) is 19.7 Å². The maximum atomic E-state index is 12.4. The lowest BCUT2D eigenvalue weighted by molar-refractivity contribution is -0.392. The molecular formula is C18H19N7O4. The van der Waals surface area contributed by atoms with Gasteiger partial charge < -0.3 is 20.7 Å². The highest BCUT2D eigenvalue weighted by Crippen LogP contribution is 2.17. The molecule has 11 nitrogen and oxygen atoms in total. The summed E-state index contributed by atoms with van der Waals surface area (Å²) in [6.45, 7) is 3.74. The Morgan fingerprint density at radius 1 is 1.14 bits per heavy atom. The summed E-state index contributed by atoms with van der Waals surface area (Å²) in [4.78, 5) is 35.1. The zero-order valence-corrected chi connectivity index (χ0v) is 15.8. The summed E-state index contributed by atoms with van der Waals surface area (Å²) in [7, 11) is 0. The lowest BCUT2D eigenvalue weighted by Crippen LogP contribution is -2.21. The van der Waals surface area contributed by atoms with Crippen LogP contribution in [0, 0.1) is 17.0 Å². The number of nitrogens with zero attached hydrogens (tertiary/aromatic N) is 5. The number of amides is 2. The van der Waals surface area contributed by atoms with Crippen molar-refractivity contribution >= 4 is 29.0 Å². The van der Waals surface area contributed by atoms with Gasteiger partial charge in [0.05, 0.1) is 11.8 Å². The van der Waals surface area contributed by atoms with Crippen molar-refractivity contribution in [3.8, 4) is 0 Å². The first-order valence-electron chi connectivity index (χ1n) is 8.79. The summed E-state index contributed by atoms with van der Waals surface area (Å²) in [6.07, 6.45) is 1.55. The minimum absolute atomic E-state index is 0.258. The van der Waals surface area contributed by atoms with Gasteiger partial charge in [0.25, 0.3) is 11.8 Å². The van der Waals surface area contributed by atoms with Crippen molar-refractivity contribution in [1.29, 1.82) is 0 Å². The minimum atomic E-state index is -0.593. The van der Waals surface area contributed by atoms with E-state index in [2.05, 4.69) is 20.8 Å². The lowest BCUT2D eigenvalue weighted by atomic mass is 10.2. The molecule has 0 radical (unpaired) electrons. The van der Waals surface area contributed by atoms with E-state index in [1.165, 1.54) is 6.07 Å². The minimum Gasteiger partial charge on any atom is -0.358 e. The predicted molar refractivity (Wildman–Crippen MR) is 105 cm³/mol. The van der Waals surface area contributed by atoms with E-state index < -0.39 is 10.8 Å². The second-order valence-electron chi connectivity index (χ2n) is 6.17. The van der Waals surface area contributed by atoms with E-state index in [0.29, 0.717) is 29.3 Å². The molecule has 0 fully saturated rings. The third-order valence-corrected chi connectivity index (χ3v) is 4.01. The monoisotopic (exact) mass is 397 g/mol. The molecule has 11 heteroatoms. The fraction of sp³-hybridized carbons (Fsp3) is 0.222. The molecule has 1 aromatic carbocycles. The first-order valence-corrected chi connectivity index (χ1v) is 8.79. The van der Waals surface area contributed by atoms with Crippen molar-refractivity contribution in [1.82, 2.24) is 19.6 Å². The Morgan fingerprint density at radius 3 is 2.55 bits per heavy atom. The van der Waals surface area contributed by atoms with Gasteiger partial charge in [0.15, 0.2) is 6.54 Å². The van der Waals surface area contributed by atoms with Gasteiger partial charge in [-0.15, -0.1) is 4.68 Å². The highest BCUT2D eigenvalue weighted by molar-refractivity contribution is 6.03. The Kier molecular flexibility index (Phi) is 5.67. The smallest absolute Gasteiger partial charge is 0.345 e. The van der Waals surface area contributed by atoms with Crippen molar-refractivity contribution < 1.29 is 14.5 Å². The molecule has 0 atom stereocenters. The average molecular weight is 397 g/mol.